The molecule has 1 aromatic heterocycles. The van der Waals surface area contributed by atoms with Crippen molar-refractivity contribution in [1.82, 2.24) is 9.29 Å². The van der Waals surface area contributed by atoms with Crippen LogP contribution in [0.5, 0.6) is 5.75 Å². The summed E-state index contributed by atoms with van der Waals surface area (Å²) in [4.78, 5) is 20.6. The molecule has 0 N–H and O–H groups in total. The van der Waals surface area contributed by atoms with E-state index in [2.05, 4.69) is 0 Å². The van der Waals surface area contributed by atoms with E-state index in [4.69, 9.17) is 26.1 Å². The van der Waals surface area contributed by atoms with E-state index in [1.165, 1.54) is 22.8 Å². The molecule has 0 aliphatic carbocycles. The van der Waals surface area contributed by atoms with Crippen molar-refractivity contribution in [3.8, 4) is 5.75 Å². The quantitative estimate of drug-likeness (QED) is 0.407. The lowest BCUT2D eigenvalue weighted by Gasteiger charge is -2.33. The lowest BCUT2D eigenvalue weighted by Crippen LogP contribution is -2.46. The summed E-state index contributed by atoms with van der Waals surface area (Å²) in [6, 6.07) is 10.1. The highest BCUT2D eigenvalue weighted by Crippen LogP contribution is 2.35. The van der Waals surface area contributed by atoms with Gasteiger partial charge >= 0.3 is 0 Å². The first-order valence-electron chi connectivity index (χ1n) is 12.4. The Balaban J connectivity index is 1.34. The van der Waals surface area contributed by atoms with Crippen LogP contribution in [-0.4, -0.2) is 63.1 Å². The Morgan fingerprint density at radius 3 is 2.59 bits per heavy atom. The smallest absolute Gasteiger partial charge is 0.243 e. The fourth-order valence-corrected chi connectivity index (χ4v) is 7.88. The average molecular weight is 564 g/mol. The molecule has 2 aliphatic heterocycles. The molecule has 1 amide bonds. The fraction of sp³-hybridized carbons (Fsp3) is 0.462. The molecule has 0 spiro atoms. The maximum atomic E-state index is 13.8. The van der Waals surface area contributed by atoms with Crippen LogP contribution in [0.1, 0.15) is 31.2 Å². The minimum Gasteiger partial charge on any atom is -0.497 e. The molecule has 2 fully saturated rings. The second kappa shape index (κ2) is 10.9. The Bertz CT molecular complexity index is 1380. The zero-order chi connectivity index (χ0) is 26.2. The first-order valence-corrected chi connectivity index (χ1v) is 15.0. The molecule has 0 bridgehead atoms. The number of carbonyl (C=O) groups excluding carboxylic acids is 1. The van der Waals surface area contributed by atoms with Crippen molar-refractivity contribution in [3.05, 3.63) is 47.0 Å². The molecule has 1 atom stereocenters. The normalized spacial score (nSPS) is 19.4. The van der Waals surface area contributed by atoms with Crippen LogP contribution in [0, 0.1) is 12.8 Å². The summed E-state index contributed by atoms with van der Waals surface area (Å²) in [6.07, 6.45) is 2.75. The molecular weight excluding hydrogens is 534 g/mol. The number of sulfonamides is 1. The standard InChI is InChI=1S/C26H30ClN3O5S2/c1-17-14-19(27)15-23-24(17)28-26(36-23)30(16-21-4-3-13-35-21)25(31)18-9-11-29(12-10-18)37(32,33)22-7-5-20(34-2)6-8-22/h5-8,14-15,18,21H,3-4,9-13,16H2,1-2H3. The number of benzene rings is 2. The average Bonchev–Trinajstić information content (AvgIpc) is 3.57. The molecule has 198 valence electrons. The number of halogens is 1. The number of hydrogen-bond acceptors (Lipinski definition) is 7. The lowest BCUT2D eigenvalue weighted by molar-refractivity contribution is -0.123. The summed E-state index contributed by atoms with van der Waals surface area (Å²) in [6.45, 7) is 3.67. The second-order valence-corrected chi connectivity index (χ2v) is 12.9. The first kappa shape index (κ1) is 26.4. The van der Waals surface area contributed by atoms with E-state index in [9.17, 15) is 13.2 Å². The molecule has 3 heterocycles. The first-order chi connectivity index (χ1) is 17.8. The Labute approximate surface area is 226 Å². The molecule has 2 saturated heterocycles. The molecule has 0 radical (unpaired) electrons. The number of methoxy groups -OCH3 is 1. The van der Waals surface area contributed by atoms with Crippen molar-refractivity contribution < 1.29 is 22.7 Å². The molecule has 2 aromatic carbocycles. The number of nitrogens with zero attached hydrogens (tertiary/aromatic N) is 3. The summed E-state index contributed by atoms with van der Waals surface area (Å²) in [7, 11) is -2.10. The van der Waals surface area contributed by atoms with Crippen LogP contribution >= 0.6 is 22.9 Å². The molecule has 2 aliphatic rings. The number of aromatic nitrogens is 1. The Hall–Kier alpha value is -2.24. The van der Waals surface area contributed by atoms with Gasteiger partial charge in [-0.1, -0.05) is 22.9 Å². The van der Waals surface area contributed by atoms with Gasteiger partial charge in [0.05, 0.1) is 34.9 Å². The van der Waals surface area contributed by atoms with Gasteiger partial charge in [-0.05, 0) is 74.6 Å². The van der Waals surface area contributed by atoms with Gasteiger partial charge in [-0.25, -0.2) is 13.4 Å². The molecule has 5 rings (SSSR count). The van der Waals surface area contributed by atoms with E-state index >= 15 is 0 Å². The number of rotatable bonds is 7. The molecule has 3 aromatic rings. The van der Waals surface area contributed by atoms with Crippen LogP contribution in [0.15, 0.2) is 41.3 Å². The van der Waals surface area contributed by atoms with Crippen molar-refractivity contribution in [2.75, 3.05) is 38.3 Å². The molecule has 1 unspecified atom stereocenters. The summed E-state index contributed by atoms with van der Waals surface area (Å²) in [5.41, 5.74) is 1.81. The van der Waals surface area contributed by atoms with E-state index in [0.717, 1.165) is 28.6 Å². The second-order valence-electron chi connectivity index (χ2n) is 9.50. The highest BCUT2D eigenvalue weighted by molar-refractivity contribution is 7.89. The van der Waals surface area contributed by atoms with Crippen LogP contribution in [0.2, 0.25) is 5.02 Å². The van der Waals surface area contributed by atoms with Gasteiger partial charge in [0.15, 0.2) is 5.13 Å². The summed E-state index contributed by atoms with van der Waals surface area (Å²) < 4.78 is 39.7. The van der Waals surface area contributed by atoms with Crippen LogP contribution in [0.3, 0.4) is 0 Å². The number of ether oxygens (including phenoxy) is 2. The van der Waals surface area contributed by atoms with Gasteiger partial charge in [-0.15, -0.1) is 0 Å². The van der Waals surface area contributed by atoms with Gasteiger partial charge in [0.2, 0.25) is 15.9 Å². The van der Waals surface area contributed by atoms with E-state index in [1.807, 2.05) is 19.1 Å². The van der Waals surface area contributed by atoms with E-state index in [-0.39, 0.29) is 35.9 Å². The number of carbonyl (C=O) groups is 1. The Morgan fingerprint density at radius 2 is 1.95 bits per heavy atom. The Morgan fingerprint density at radius 1 is 1.22 bits per heavy atom. The van der Waals surface area contributed by atoms with Crippen molar-refractivity contribution in [1.29, 1.82) is 0 Å². The van der Waals surface area contributed by atoms with Gasteiger partial charge in [0, 0.05) is 30.6 Å². The number of amides is 1. The van der Waals surface area contributed by atoms with E-state index in [1.54, 1.807) is 29.2 Å². The number of hydrogen-bond donors (Lipinski definition) is 0. The van der Waals surface area contributed by atoms with Crippen LogP contribution in [0.25, 0.3) is 10.2 Å². The SMILES string of the molecule is COc1ccc(S(=O)(=O)N2CCC(C(=O)N(CC3CCCO3)c3nc4c(C)cc(Cl)cc4s3)CC2)cc1. The van der Waals surface area contributed by atoms with Gasteiger partial charge in [-0.3, -0.25) is 9.69 Å². The van der Waals surface area contributed by atoms with Gasteiger partial charge < -0.3 is 9.47 Å². The lowest BCUT2D eigenvalue weighted by atomic mass is 9.96. The third-order valence-electron chi connectivity index (χ3n) is 7.05. The van der Waals surface area contributed by atoms with Crippen molar-refractivity contribution in [2.45, 2.75) is 43.6 Å². The predicted molar refractivity (Wildman–Crippen MR) is 145 cm³/mol. The van der Waals surface area contributed by atoms with Crippen LogP contribution in [0.4, 0.5) is 5.13 Å². The highest BCUT2D eigenvalue weighted by atomic mass is 35.5. The number of aryl methyl sites for hydroxylation is 1. The third kappa shape index (κ3) is 5.49. The number of anilines is 1. The maximum absolute atomic E-state index is 13.8. The molecule has 11 heteroatoms. The highest BCUT2D eigenvalue weighted by Gasteiger charge is 2.36. The monoisotopic (exact) mass is 563 g/mol. The maximum Gasteiger partial charge on any atom is 0.243 e. The Kier molecular flexibility index (Phi) is 7.74. The van der Waals surface area contributed by atoms with Gasteiger partial charge in [-0.2, -0.15) is 4.31 Å². The third-order valence-corrected chi connectivity index (χ3v) is 10.2. The van der Waals surface area contributed by atoms with Gasteiger partial charge in [0.25, 0.3) is 0 Å². The summed E-state index contributed by atoms with van der Waals surface area (Å²) in [5, 5.41) is 1.27. The van der Waals surface area contributed by atoms with Crippen LogP contribution in [-0.2, 0) is 19.6 Å². The minimum atomic E-state index is -3.64. The van der Waals surface area contributed by atoms with Crippen molar-refractivity contribution in [3.63, 3.8) is 0 Å². The number of fused-ring (bicyclic) bond motifs is 1. The zero-order valence-electron chi connectivity index (χ0n) is 20.9. The van der Waals surface area contributed by atoms with Crippen molar-refractivity contribution in [2.24, 2.45) is 5.92 Å². The molecule has 37 heavy (non-hydrogen) atoms. The molecule has 8 nitrogen and oxygen atoms in total. The minimum absolute atomic E-state index is 0.0280. The topological polar surface area (TPSA) is 89.0 Å². The number of piperidine rings is 1. The largest absolute Gasteiger partial charge is 0.497 e. The molecular formula is C26H30ClN3O5S2. The zero-order valence-corrected chi connectivity index (χ0v) is 23.2. The fourth-order valence-electron chi connectivity index (χ4n) is 4.97. The summed E-state index contributed by atoms with van der Waals surface area (Å²) >= 11 is 7.71. The summed E-state index contributed by atoms with van der Waals surface area (Å²) in [5.74, 6) is 0.280. The van der Waals surface area contributed by atoms with Crippen molar-refractivity contribution >= 4 is 54.2 Å². The molecule has 0 saturated carbocycles. The van der Waals surface area contributed by atoms with E-state index in [0.29, 0.717) is 41.9 Å². The van der Waals surface area contributed by atoms with Crippen LogP contribution < -0.4 is 9.64 Å². The van der Waals surface area contributed by atoms with E-state index < -0.39 is 10.0 Å². The van der Waals surface area contributed by atoms with Gasteiger partial charge in [0.1, 0.15) is 5.75 Å². The predicted octanol–water partition coefficient (Wildman–Crippen LogP) is 4.88. The number of thiazole rings is 1.